The van der Waals surface area contributed by atoms with E-state index in [1.165, 1.54) is 12.1 Å². The summed E-state index contributed by atoms with van der Waals surface area (Å²) in [6.07, 6.45) is 8.83. The first-order valence-electron chi connectivity index (χ1n) is 9.19. The average molecular weight is 391 g/mol. The number of hydrogen-bond donors (Lipinski definition) is 1. The van der Waals surface area contributed by atoms with E-state index < -0.39 is 5.66 Å². The summed E-state index contributed by atoms with van der Waals surface area (Å²) in [6.45, 7) is 0.447. The average Bonchev–Trinajstić information content (AvgIpc) is 3.36. The number of nitrogens with one attached hydrogen (secondary N) is 1. The fourth-order valence-corrected chi connectivity index (χ4v) is 3.03. The van der Waals surface area contributed by atoms with Crippen molar-refractivity contribution >= 4 is 11.7 Å². The fraction of sp³-hybridized carbons (Fsp3) is 0.300. The van der Waals surface area contributed by atoms with Crippen LogP contribution < -0.4 is 5.32 Å². The fourth-order valence-electron chi connectivity index (χ4n) is 3.03. The van der Waals surface area contributed by atoms with Crippen LogP contribution in [0.3, 0.4) is 0 Å². The maximum Gasteiger partial charge on any atom is 0.252 e. The molecule has 8 nitrogen and oxygen atoms in total. The molecule has 1 aliphatic heterocycles. The lowest BCUT2D eigenvalue weighted by Gasteiger charge is -2.09. The summed E-state index contributed by atoms with van der Waals surface area (Å²) >= 11 is 0. The molecule has 0 radical (unpaired) electrons. The van der Waals surface area contributed by atoms with Gasteiger partial charge in [0, 0.05) is 37.6 Å². The normalized spacial score (nSPS) is 13.9. The van der Waals surface area contributed by atoms with Crippen molar-refractivity contribution in [2.75, 3.05) is 6.54 Å². The third-order valence-electron chi connectivity index (χ3n) is 4.64. The van der Waals surface area contributed by atoms with Gasteiger partial charge in [0.1, 0.15) is 5.82 Å². The lowest BCUT2D eigenvalue weighted by Crippen LogP contribution is -2.29. The number of hydrogen-bond acceptors (Lipinski definition) is 6. The van der Waals surface area contributed by atoms with Crippen LogP contribution in [-0.2, 0) is 11.2 Å². The molecular weight excluding hydrogens is 373 g/mol. The van der Waals surface area contributed by atoms with Crippen LogP contribution in [0.2, 0.25) is 0 Å². The van der Waals surface area contributed by atoms with Gasteiger partial charge in [0.25, 0.3) is 5.78 Å². The Balaban J connectivity index is 1.40. The van der Waals surface area contributed by atoms with Crippen LogP contribution in [0.1, 0.15) is 25.1 Å². The van der Waals surface area contributed by atoms with Crippen molar-refractivity contribution < 1.29 is 9.18 Å². The van der Waals surface area contributed by atoms with Crippen LogP contribution in [0.5, 0.6) is 0 Å². The van der Waals surface area contributed by atoms with Gasteiger partial charge in [0.2, 0.25) is 5.91 Å². The number of carbonyl (C=O) groups is 1. The molecule has 0 fully saturated rings. The molecule has 4 rings (SSSR count). The maximum atomic E-state index is 13.2. The zero-order valence-electron chi connectivity index (χ0n) is 15.5. The first-order valence-corrected chi connectivity index (χ1v) is 9.19. The maximum absolute atomic E-state index is 13.2. The molecule has 1 amide bonds. The van der Waals surface area contributed by atoms with Gasteiger partial charge in [-0.15, -0.1) is 17.4 Å². The van der Waals surface area contributed by atoms with E-state index in [0.717, 1.165) is 5.56 Å². The minimum atomic E-state index is -0.422. The molecule has 0 aliphatic carbocycles. The number of aromatic nitrogens is 4. The number of nitrogens with zero attached hydrogens (tertiary/aromatic N) is 6. The number of terminal acetylenes is 1. The third kappa shape index (κ3) is 4.27. The van der Waals surface area contributed by atoms with Gasteiger partial charge in [0.15, 0.2) is 11.5 Å². The highest BCUT2D eigenvalue weighted by atomic mass is 19.1. The predicted octanol–water partition coefficient (Wildman–Crippen LogP) is 2.55. The minimum absolute atomic E-state index is 0.0257. The van der Waals surface area contributed by atoms with Gasteiger partial charge < -0.3 is 5.32 Å². The number of amides is 1. The summed E-state index contributed by atoms with van der Waals surface area (Å²) < 4.78 is 14.7. The molecule has 1 aliphatic rings. The first-order chi connectivity index (χ1) is 14.1. The van der Waals surface area contributed by atoms with Gasteiger partial charge in [-0.3, -0.25) is 4.79 Å². The van der Waals surface area contributed by atoms with Crippen molar-refractivity contribution in [2.24, 2.45) is 10.2 Å². The molecule has 1 aromatic carbocycles. The van der Waals surface area contributed by atoms with Crippen LogP contribution in [-0.4, -0.2) is 37.7 Å². The highest BCUT2D eigenvalue weighted by Crippen LogP contribution is 2.36. The molecule has 0 atom stereocenters. The van der Waals surface area contributed by atoms with E-state index in [2.05, 4.69) is 36.5 Å². The first kappa shape index (κ1) is 18.7. The zero-order chi connectivity index (χ0) is 20.3. The Hall–Kier alpha value is -3.67. The molecule has 146 valence electrons. The molecule has 3 heterocycles. The van der Waals surface area contributed by atoms with Crippen molar-refractivity contribution in [1.82, 2.24) is 24.9 Å². The smallest absolute Gasteiger partial charge is 0.252 e. The van der Waals surface area contributed by atoms with Crippen LogP contribution >= 0.6 is 0 Å². The molecule has 0 spiro atoms. The van der Waals surface area contributed by atoms with E-state index >= 15 is 0 Å². The minimum Gasteiger partial charge on any atom is -0.356 e. The van der Waals surface area contributed by atoms with Crippen molar-refractivity contribution in [3.8, 4) is 23.6 Å². The Kier molecular flexibility index (Phi) is 4.99. The molecular formula is C20H18FN7O. The highest BCUT2D eigenvalue weighted by Gasteiger charge is 2.38. The van der Waals surface area contributed by atoms with Gasteiger partial charge in [0.05, 0.1) is 12.1 Å². The van der Waals surface area contributed by atoms with Crippen LogP contribution in [0.15, 0.2) is 46.8 Å². The molecule has 0 saturated heterocycles. The SMILES string of the molecule is C#CCCC1(CCNC(=O)Cc2nc3nccc(-c4ccc(F)cc4)n3n2)N=N1. The zero-order valence-corrected chi connectivity index (χ0v) is 15.5. The van der Waals surface area contributed by atoms with E-state index in [0.29, 0.717) is 43.1 Å². The van der Waals surface area contributed by atoms with E-state index in [9.17, 15) is 9.18 Å². The van der Waals surface area contributed by atoms with Gasteiger partial charge in [-0.1, -0.05) is 0 Å². The number of fused-ring (bicyclic) bond motifs is 1. The lowest BCUT2D eigenvalue weighted by molar-refractivity contribution is -0.120. The van der Waals surface area contributed by atoms with E-state index in [1.54, 1.807) is 28.9 Å². The topological polar surface area (TPSA) is 96.9 Å². The molecule has 2 aromatic heterocycles. The largest absolute Gasteiger partial charge is 0.356 e. The molecule has 0 unspecified atom stereocenters. The Bertz CT molecular complexity index is 1110. The summed E-state index contributed by atoms with van der Waals surface area (Å²) in [4.78, 5) is 20.7. The van der Waals surface area contributed by atoms with Gasteiger partial charge >= 0.3 is 0 Å². The Morgan fingerprint density at radius 1 is 1.21 bits per heavy atom. The monoisotopic (exact) mass is 391 g/mol. The number of carbonyl (C=O) groups excluding carboxylic acids is 1. The standard InChI is InChI=1S/C20H18FN7O/c1-2-3-9-20(26-27-20)10-12-22-18(29)13-17-24-19-23-11-8-16(28(19)25-17)14-4-6-15(21)7-5-14/h1,4-8,11H,3,9-10,12-13H2,(H,22,29). The predicted molar refractivity (Wildman–Crippen MR) is 103 cm³/mol. The summed E-state index contributed by atoms with van der Waals surface area (Å²) in [6, 6.07) is 7.82. The Morgan fingerprint density at radius 3 is 2.72 bits per heavy atom. The van der Waals surface area contributed by atoms with Crippen molar-refractivity contribution in [1.29, 1.82) is 0 Å². The summed E-state index contributed by atoms with van der Waals surface area (Å²) in [5.74, 6) is 2.79. The Labute approximate surface area is 166 Å². The van der Waals surface area contributed by atoms with Crippen molar-refractivity contribution in [3.05, 3.63) is 48.2 Å². The lowest BCUT2D eigenvalue weighted by atomic mass is 10.0. The quantitative estimate of drug-likeness (QED) is 0.597. The third-order valence-corrected chi connectivity index (χ3v) is 4.64. The molecule has 0 saturated carbocycles. The van der Waals surface area contributed by atoms with Crippen LogP contribution in [0.4, 0.5) is 4.39 Å². The van der Waals surface area contributed by atoms with E-state index in [4.69, 9.17) is 6.42 Å². The number of benzene rings is 1. The summed E-state index contributed by atoms with van der Waals surface area (Å²) in [7, 11) is 0. The van der Waals surface area contributed by atoms with Gasteiger partial charge in [-0.05, 0) is 30.3 Å². The van der Waals surface area contributed by atoms with E-state index in [1.807, 2.05) is 0 Å². The van der Waals surface area contributed by atoms with Crippen LogP contribution in [0, 0.1) is 18.2 Å². The second-order valence-electron chi connectivity index (χ2n) is 6.74. The molecule has 0 bridgehead atoms. The van der Waals surface area contributed by atoms with Crippen LogP contribution in [0.25, 0.3) is 17.0 Å². The summed E-state index contributed by atoms with van der Waals surface area (Å²) in [5, 5.41) is 15.3. The number of rotatable bonds is 8. The second-order valence-corrected chi connectivity index (χ2v) is 6.74. The van der Waals surface area contributed by atoms with E-state index in [-0.39, 0.29) is 18.1 Å². The van der Waals surface area contributed by atoms with Crippen molar-refractivity contribution in [3.63, 3.8) is 0 Å². The molecule has 1 N–H and O–H groups in total. The summed E-state index contributed by atoms with van der Waals surface area (Å²) in [5.41, 5.74) is 1.06. The Morgan fingerprint density at radius 2 is 2.00 bits per heavy atom. The molecule has 9 heteroatoms. The van der Waals surface area contributed by atoms with Gasteiger partial charge in [-0.25, -0.2) is 9.37 Å². The molecule has 29 heavy (non-hydrogen) atoms. The second kappa shape index (κ2) is 7.75. The highest BCUT2D eigenvalue weighted by molar-refractivity contribution is 5.77. The molecule has 3 aromatic rings. The van der Waals surface area contributed by atoms with Crippen molar-refractivity contribution in [2.45, 2.75) is 31.3 Å². The number of halogens is 1. The van der Waals surface area contributed by atoms with Gasteiger partial charge in [-0.2, -0.15) is 19.7 Å².